The van der Waals surface area contributed by atoms with Crippen molar-refractivity contribution in [2.45, 2.75) is 6.92 Å². The molecule has 9 nitrogen and oxygen atoms in total. The molecule has 0 saturated heterocycles. The van der Waals surface area contributed by atoms with Crippen LogP contribution in [0.15, 0.2) is 55.0 Å². The number of H-pyrrole nitrogens is 1. The third-order valence-electron chi connectivity index (χ3n) is 4.99. The highest BCUT2D eigenvalue weighted by Gasteiger charge is 2.13. The lowest BCUT2D eigenvalue weighted by atomic mass is 10.1. The van der Waals surface area contributed by atoms with Crippen LogP contribution >= 0.6 is 0 Å². The Morgan fingerprint density at radius 3 is 2.90 bits per heavy atom. The van der Waals surface area contributed by atoms with Gasteiger partial charge in [-0.1, -0.05) is 6.07 Å². The molecular formula is C22H21N7O2. The van der Waals surface area contributed by atoms with E-state index in [1.54, 1.807) is 13.3 Å². The van der Waals surface area contributed by atoms with Gasteiger partial charge >= 0.3 is 0 Å². The summed E-state index contributed by atoms with van der Waals surface area (Å²) in [6.45, 7) is 2.50. The van der Waals surface area contributed by atoms with Gasteiger partial charge in [0.2, 0.25) is 0 Å². The summed E-state index contributed by atoms with van der Waals surface area (Å²) in [5, 5.41) is 11.2. The van der Waals surface area contributed by atoms with Gasteiger partial charge in [-0.25, -0.2) is 9.97 Å². The number of nitrogens with two attached hydrogens (primary N) is 1. The quantitative estimate of drug-likeness (QED) is 0.384. The molecule has 3 heterocycles. The van der Waals surface area contributed by atoms with Crippen LogP contribution in [0.2, 0.25) is 0 Å². The Bertz CT molecular complexity index is 1390. The third-order valence-corrected chi connectivity index (χ3v) is 4.99. The minimum Gasteiger partial charge on any atom is -0.493 e. The van der Waals surface area contributed by atoms with E-state index in [9.17, 15) is 0 Å². The molecular weight excluding hydrogens is 394 g/mol. The number of hydrogen-bond acceptors (Lipinski definition) is 7. The number of fused-ring (bicyclic) bond motifs is 2. The van der Waals surface area contributed by atoms with Crippen LogP contribution in [-0.2, 0) is 0 Å². The maximum atomic E-state index is 5.98. The number of nitrogens with one attached hydrogen (secondary N) is 2. The molecule has 0 atom stereocenters. The molecule has 5 rings (SSSR count). The number of rotatable bonds is 6. The van der Waals surface area contributed by atoms with E-state index < -0.39 is 0 Å². The van der Waals surface area contributed by atoms with Crippen LogP contribution in [0.25, 0.3) is 27.8 Å². The van der Waals surface area contributed by atoms with Gasteiger partial charge in [0, 0.05) is 41.3 Å². The summed E-state index contributed by atoms with van der Waals surface area (Å²) < 4.78 is 13.0. The van der Waals surface area contributed by atoms with Crippen LogP contribution < -0.4 is 20.5 Å². The largest absolute Gasteiger partial charge is 0.493 e. The van der Waals surface area contributed by atoms with E-state index in [2.05, 4.69) is 20.5 Å². The summed E-state index contributed by atoms with van der Waals surface area (Å²) in [5.74, 6) is 2.41. The number of imidazole rings is 1. The van der Waals surface area contributed by atoms with Crippen molar-refractivity contribution in [3.8, 4) is 22.8 Å². The number of aromatic nitrogens is 5. The molecule has 9 heteroatoms. The highest BCUT2D eigenvalue weighted by molar-refractivity contribution is 5.92. The van der Waals surface area contributed by atoms with E-state index >= 15 is 0 Å². The summed E-state index contributed by atoms with van der Waals surface area (Å²) in [7, 11) is 1.62. The Labute approximate surface area is 177 Å². The van der Waals surface area contributed by atoms with Crippen molar-refractivity contribution in [1.29, 1.82) is 0 Å². The Morgan fingerprint density at radius 2 is 2.06 bits per heavy atom. The monoisotopic (exact) mass is 415 g/mol. The second-order valence-corrected chi connectivity index (χ2v) is 6.93. The maximum absolute atomic E-state index is 5.98. The summed E-state index contributed by atoms with van der Waals surface area (Å²) >= 11 is 0. The van der Waals surface area contributed by atoms with Crippen molar-refractivity contribution in [2.75, 3.05) is 24.8 Å². The maximum Gasteiger partial charge on any atom is 0.180 e. The third kappa shape index (κ3) is 3.35. The Morgan fingerprint density at radius 1 is 1.16 bits per heavy atom. The summed E-state index contributed by atoms with van der Waals surface area (Å²) in [4.78, 5) is 9.28. The number of aromatic amines is 1. The minimum absolute atomic E-state index is 0.459. The molecule has 0 unspecified atom stereocenters. The predicted octanol–water partition coefficient (Wildman–Crippen LogP) is 4.01. The summed E-state index contributed by atoms with van der Waals surface area (Å²) in [6.07, 6.45) is 5.56. The number of methoxy groups -OCH3 is 1. The van der Waals surface area contributed by atoms with Gasteiger partial charge in [0.25, 0.3) is 0 Å². The highest BCUT2D eigenvalue weighted by Crippen LogP contribution is 2.33. The van der Waals surface area contributed by atoms with Crippen LogP contribution in [0, 0.1) is 0 Å². The van der Waals surface area contributed by atoms with Gasteiger partial charge in [0.15, 0.2) is 28.8 Å². The molecule has 0 fully saturated rings. The van der Waals surface area contributed by atoms with E-state index in [1.807, 2.05) is 60.1 Å². The number of anilines is 3. The summed E-state index contributed by atoms with van der Waals surface area (Å²) in [5.41, 5.74) is 10.1. The fourth-order valence-electron chi connectivity index (χ4n) is 3.51. The van der Waals surface area contributed by atoms with Crippen molar-refractivity contribution in [2.24, 2.45) is 0 Å². The molecule has 0 aliphatic heterocycles. The average molecular weight is 415 g/mol. The number of nitrogens with zero attached hydrogens (tertiary/aromatic N) is 4. The van der Waals surface area contributed by atoms with Crippen molar-refractivity contribution in [3.05, 3.63) is 55.0 Å². The smallest absolute Gasteiger partial charge is 0.180 e. The first-order valence-corrected chi connectivity index (χ1v) is 9.82. The molecule has 2 aromatic carbocycles. The van der Waals surface area contributed by atoms with Crippen LogP contribution in [0.4, 0.5) is 17.3 Å². The molecule has 3 aromatic heterocycles. The van der Waals surface area contributed by atoms with Crippen LogP contribution in [0.3, 0.4) is 0 Å². The fourth-order valence-corrected chi connectivity index (χ4v) is 3.51. The Kier molecular flexibility index (Phi) is 4.55. The summed E-state index contributed by atoms with van der Waals surface area (Å²) in [6, 6.07) is 11.6. The van der Waals surface area contributed by atoms with E-state index in [0.717, 1.165) is 27.8 Å². The topological polar surface area (TPSA) is 115 Å². The minimum atomic E-state index is 0.459. The van der Waals surface area contributed by atoms with Gasteiger partial charge < -0.3 is 24.9 Å². The highest BCUT2D eigenvalue weighted by atomic mass is 16.5. The van der Waals surface area contributed by atoms with Crippen LogP contribution in [0.5, 0.6) is 11.5 Å². The molecule has 0 bridgehead atoms. The lowest BCUT2D eigenvalue weighted by Crippen LogP contribution is -2.01. The SMILES string of the molecule is CCOc1ccc(Nc2nc(-c3ccc4[nH]nc(N)c4c3)cn3ccnc23)cc1OC. The van der Waals surface area contributed by atoms with E-state index in [0.29, 0.717) is 35.4 Å². The Balaban J connectivity index is 1.57. The van der Waals surface area contributed by atoms with Crippen molar-refractivity contribution < 1.29 is 9.47 Å². The van der Waals surface area contributed by atoms with Crippen LogP contribution in [0.1, 0.15) is 6.92 Å². The fraction of sp³-hybridized carbons (Fsp3) is 0.136. The standard InChI is InChI=1S/C22H21N7O2/c1-3-31-18-7-5-14(11-19(18)30-2)25-21-22-24-8-9-29(22)12-17(26-21)13-4-6-16-15(10-13)20(23)28-27-16/h4-12H,3H2,1-2H3,(H,25,26)(H3,23,27,28). The molecule has 0 amide bonds. The molecule has 0 aliphatic carbocycles. The second kappa shape index (κ2) is 7.52. The molecule has 156 valence electrons. The molecule has 0 aliphatic rings. The van der Waals surface area contributed by atoms with Crippen molar-refractivity contribution in [3.63, 3.8) is 0 Å². The predicted molar refractivity (Wildman–Crippen MR) is 120 cm³/mol. The Hall–Kier alpha value is -4.27. The van der Waals surface area contributed by atoms with E-state index in [4.69, 9.17) is 20.2 Å². The van der Waals surface area contributed by atoms with Gasteiger partial charge in [-0.2, -0.15) is 5.10 Å². The van der Waals surface area contributed by atoms with E-state index in [1.165, 1.54) is 0 Å². The molecule has 5 aromatic rings. The van der Waals surface area contributed by atoms with Crippen molar-refractivity contribution >= 4 is 33.9 Å². The normalized spacial score (nSPS) is 11.2. The molecule has 0 spiro atoms. The molecule has 4 N–H and O–H groups in total. The van der Waals surface area contributed by atoms with Crippen LogP contribution in [-0.4, -0.2) is 38.3 Å². The first-order valence-electron chi connectivity index (χ1n) is 9.82. The number of nitrogen functional groups attached to an aromatic ring is 1. The number of benzene rings is 2. The average Bonchev–Trinajstić information content (AvgIpc) is 3.41. The van der Waals surface area contributed by atoms with Gasteiger partial charge in [-0.05, 0) is 31.2 Å². The number of hydrogen-bond donors (Lipinski definition) is 3. The molecule has 0 radical (unpaired) electrons. The zero-order valence-corrected chi connectivity index (χ0v) is 17.1. The zero-order valence-electron chi connectivity index (χ0n) is 17.1. The first kappa shape index (κ1) is 18.7. The lowest BCUT2D eigenvalue weighted by molar-refractivity contribution is 0.311. The van der Waals surface area contributed by atoms with Crippen molar-refractivity contribution in [1.82, 2.24) is 24.6 Å². The molecule has 0 saturated carbocycles. The second-order valence-electron chi connectivity index (χ2n) is 6.93. The lowest BCUT2D eigenvalue weighted by Gasteiger charge is -2.13. The molecule has 31 heavy (non-hydrogen) atoms. The van der Waals surface area contributed by atoms with E-state index in [-0.39, 0.29) is 0 Å². The van der Waals surface area contributed by atoms with Gasteiger partial charge in [0.05, 0.1) is 24.9 Å². The van der Waals surface area contributed by atoms with Gasteiger partial charge in [0.1, 0.15) is 0 Å². The number of ether oxygens (including phenoxy) is 2. The zero-order chi connectivity index (χ0) is 21.4. The first-order chi connectivity index (χ1) is 15.2. The van der Waals surface area contributed by atoms with Gasteiger partial charge in [-0.15, -0.1) is 0 Å². The van der Waals surface area contributed by atoms with Gasteiger partial charge in [-0.3, -0.25) is 5.10 Å².